The number of nitrogens with zero attached hydrogens (tertiary/aromatic N) is 4. The maximum absolute atomic E-state index is 12.9. The molecular formula is C19H25N5O2. The smallest absolute Gasteiger partial charge is 0.254 e. The van der Waals surface area contributed by atoms with Crippen LogP contribution in [0.4, 0.5) is 0 Å². The van der Waals surface area contributed by atoms with Crippen LogP contribution in [0, 0.1) is 0 Å². The van der Waals surface area contributed by atoms with Crippen molar-refractivity contribution in [1.82, 2.24) is 25.0 Å². The van der Waals surface area contributed by atoms with Crippen LogP contribution in [0.5, 0.6) is 5.75 Å². The number of amides is 1. The van der Waals surface area contributed by atoms with E-state index < -0.39 is 0 Å². The van der Waals surface area contributed by atoms with Crippen molar-refractivity contribution in [2.24, 2.45) is 0 Å². The number of carbonyl (C=O) groups is 1. The summed E-state index contributed by atoms with van der Waals surface area (Å²) in [6.45, 7) is 4.27. The van der Waals surface area contributed by atoms with Gasteiger partial charge >= 0.3 is 0 Å². The molecule has 2 aliphatic rings. The summed E-state index contributed by atoms with van der Waals surface area (Å²) in [5, 5.41) is 12.3. The minimum atomic E-state index is 0.0610. The summed E-state index contributed by atoms with van der Waals surface area (Å²) in [7, 11) is 1.62. The van der Waals surface area contributed by atoms with Crippen LogP contribution < -0.4 is 10.1 Å². The van der Waals surface area contributed by atoms with E-state index in [9.17, 15) is 4.79 Å². The van der Waals surface area contributed by atoms with Crippen LogP contribution in [-0.4, -0.2) is 58.9 Å². The highest BCUT2D eigenvalue weighted by molar-refractivity contribution is 5.94. The Hall–Kier alpha value is -2.41. The van der Waals surface area contributed by atoms with Gasteiger partial charge in [0.25, 0.3) is 5.91 Å². The van der Waals surface area contributed by atoms with Crippen molar-refractivity contribution in [2.45, 2.75) is 31.7 Å². The molecule has 2 aromatic rings. The number of nitrogens with one attached hydrogen (secondary N) is 1. The predicted molar refractivity (Wildman–Crippen MR) is 97.5 cm³/mol. The molecule has 2 aliphatic heterocycles. The number of methoxy groups -OCH3 is 1. The molecule has 7 nitrogen and oxygen atoms in total. The summed E-state index contributed by atoms with van der Waals surface area (Å²) in [4.78, 5) is 14.9. The molecule has 0 saturated carbocycles. The summed E-state index contributed by atoms with van der Waals surface area (Å²) in [5.41, 5.74) is 0.675. The lowest BCUT2D eigenvalue weighted by Gasteiger charge is -2.32. The van der Waals surface area contributed by atoms with Crippen LogP contribution in [0.2, 0.25) is 0 Å². The van der Waals surface area contributed by atoms with Gasteiger partial charge in [-0.1, -0.05) is 6.07 Å². The normalized spacial score (nSPS) is 20.3. The lowest BCUT2D eigenvalue weighted by atomic mass is 9.96. The topological polar surface area (TPSA) is 72.3 Å². The highest BCUT2D eigenvalue weighted by atomic mass is 16.5. The van der Waals surface area contributed by atoms with Crippen molar-refractivity contribution in [3.63, 3.8) is 0 Å². The van der Waals surface area contributed by atoms with Crippen molar-refractivity contribution in [3.8, 4) is 5.75 Å². The van der Waals surface area contributed by atoms with Crippen LogP contribution >= 0.6 is 0 Å². The molecule has 3 heterocycles. The summed E-state index contributed by atoms with van der Waals surface area (Å²) < 4.78 is 7.50. The first-order chi connectivity index (χ1) is 12.8. The molecule has 1 N–H and O–H groups in total. The Balaban J connectivity index is 1.52. The minimum absolute atomic E-state index is 0.0610. The second kappa shape index (κ2) is 7.45. The molecule has 7 heteroatoms. The molecule has 1 saturated heterocycles. The molecular weight excluding hydrogens is 330 g/mol. The third-order valence-electron chi connectivity index (χ3n) is 5.28. The number of ether oxygens (including phenoxy) is 1. The molecule has 1 aromatic heterocycles. The van der Waals surface area contributed by atoms with Gasteiger partial charge in [0.05, 0.1) is 7.11 Å². The second-order valence-electron chi connectivity index (χ2n) is 6.95. The standard InChI is InChI=1S/C19H25N5O2/c1-26-16-6-2-4-14(12-16)19(25)23-10-3-5-15(13-23)18-22-21-17-7-8-20-9-11-24(17)18/h2,4,6,12,15,20H,3,5,7-11,13H2,1H3/t15-/m0/s1. The Morgan fingerprint density at radius 3 is 3.08 bits per heavy atom. The van der Waals surface area contributed by atoms with Crippen LogP contribution in [0.15, 0.2) is 24.3 Å². The van der Waals surface area contributed by atoms with Gasteiger partial charge < -0.3 is 19.5 Å². The van der Waals surface area contributed by atoms with Crippen molar-refractivity contribution in [2.75, 3.05) is 33.3 Å². The van der Waals surface area contributed by atoms with Crippen molar-refractivity contribution in [1.29, 1.82) is 0 Å². The quantitative estimate of drug-likeness (QED) is 0.902. The van der Waals surface area contributed by atoms with E-state index in [1.165, 1.54) is 0 Å². The molecule has 138 valence electrons. The first-order valence-electron chi connectivity index (χ1n) is 9.32. The monoisotopic (exact) mass is 355 g/mol. The molecule has 26 heavy (non-hydrogen) atoms. The number of piperidine rings is 1. The van der Waals surface area contributed by atoms with E-state index >= 15 is 0 Å². The Labute approximate surface area is 153 Å². The van der Waals surface area contributed by atoms with E-state index in [2.05, 4.69) is 20.1 Å². The zero-order valence-corrected chi connectivity index (χ0v) is 15.1. The fourth-order valence-electron chi connectivity index (χ4n) is 3.91. The number of carbonyl (C=O) groups excluding carboxylic acids is 1. The predicted octanol–water partition coefficient (Wildman–Crippen LogP) is 1.45. The van der Waals surface area contributed by atoms with Crippen LogP contribution in [0.25, 0.3) is 0 Å². The third-order valence-corrected chi connectivity index (χ3v) is 5.28. The van der Waals surface area contributed by atoms with Gasteiger partial charge in [-0.05, 0) is 31.0 Å². The van der Waals surface area contributed by atoms with Crippen molar-refractivity contribution in [3.05, 3.63) is 41.5 Å². The molecule has 1 atom stereocenters. The maximum Gasteiger partial charge on any atom is 0.254 e. The Kier molecular flexibility index (Phi) is 4.88. The first kappa shape index (κ1) is 17.0. The van der Waals surface area contributed by atoms with Crippen LogP contribution in [0.3, 0.4) is 0 Å². The van der Waals surface area contributed by atoms with Crippen LogP contribution in [0.1, 0.15) is 40.8 Å². The van der Waals surface area contributed by atoms with Crippen LogP contribution in [-0.2, 0) is 13.0 Å². The van der Waals surface area contributed by atoms with Gasteiger partial charge in [-0.25, -0.2) is 0 Å². The summed E-state index contributed by atoms with van der Waals surface area (Å²) >= 11 is 0. The maximum atomic E-state index is 12.9. The zero-order valence-electron chi connectivity index (χ0n) is 15.1. The molecule has 0 bridgehead atoms. The molecule has 0 radical (unpaired) electrons. The van der Waals surface area contributed by atoms with Gasteiger partial charge in [0, 0.05) is 50.6 Å². The lowest BCUT2D eigenvalue weighted by Crippen LogP contribution is -2.40. The summed E-state index contributed by atoms with van der Waals surface area (Å²) in [6.07, 6.45) is 2.94. The number of rotatable bonds is 3. The minimum Gasteiger partial charge on any atom is -0.497 e. The van der Waals surface area contributed by atoms with E-state index in [4.69, 9.17) is 4.74 Å². The van der Waals surface area contributed by atoms with Crippen molar-refractivity contribution >= 4 is 5.91 Å². The van der Waals surface area contributed by atoms with Gasteiger partial charge in [0.15, 0.2) is 0 Å². The summed E-state index contributed by atoms with van der Waals surface area (Å²) in [5.74, 6) is 3.11. The van der Waals surface area contributed by atoms with Gasteiger partial charge in [0.1, 0.15) is 17.4 Å². The highest BCUT2D eigenvalue weighted by Gasteiger charge is 2.30. The first-order valence-corrected chi connectivity index (χ1v) is 9.32. The Morgan fingerprint density at radius 2 is 2.19 bits per heavy atom. The molecule has 1 aromatic carbocycles. The number of hydrogen-bond donors (Lipinski definition) is 1. The zero-order chi connectivity index (χ0) is 17.9. The SMILES string of the molecule is COc1cccc(C(=O)N2CCC[C@H](c3nnc4n3CCNCC4)C2)c1. The van der Waals surface area contributed by atoms with E-state index in [0.717, 1.165) is 57.1 Å². The van der Waals surface area contributed by atoms with E-state index in [1.807, 2.05) is 23.1 Å². The molecule has 0 spiro atoms. The molecule has 1 fully saturated rings. The lowest BCUT2D eigenvalue weighted by molar-refractivity contribution is 0.0702. The van der Waals surface area contributed by atoms with Gasteiger partial charge in [-0.15, -0.1) is 10.2 Å². The third kappa shape index (κ3) is 3.31. The average Bonchev–Trinajstić information content (AvgIpc) is 2.96. The fraction of sp³-hybridized carbons (Fsp3) is 0.526. The Morgan fingerprint density at radius 1 is 1.27 bits per heavy atom. The van der Waals surface area contributed by atoms with Gasteiger partial charge in [-0.3, -0.25) is 4.79 Å². The van der Waals surface area contributed by atoms with Crippen molar-refractivity contribution < 1.29 is 9.53 Å². The highest BCUT2D eigenvalue weighted by Crippen LogP contribution is 2.28. The molecule has 1 amide bonds. The largest absolute Gasteiger partial charge is 0.497 e. The van der Waals surface area contributed by atoms with Gasteiger partial charge in [0.2, 0.25) is 0 Å². The fourth-order valence-corrected chi connectivity index (χ4v) is 3.91. The number of aromatic nitrogens is 3. The average molecular weight is 355 g/mol. The number of hydrogen-bond acceptors (Lipinski definition) is 5. The molecule has 0 aliphatic carbocycles. The summed E-state index contributed by atoms with van der Waals surface area (Å²) in [6, 6.07) is 7.37. The van der Waals surface area contributed by atoms with E-state index in [-0.39, 0.29) is 11.8 Å². The van der Waals surface area contributed by atoms with E-state index in [0.29, 0.717) is 17.9 Å². The van der Waals surface area contributed by atoms with Gasteiger partial charge in [-0.2, -0.15) is 0 Å². The molecule has 0 unspecified atom stereocenters. The second-order valence-corrected chi connectivity index (χ2v) is 6.95. The molecule has 4 rings (SSSR count). The Bertz CT molecular complexity index is 788. The van der Waals surface area contributed by atoms with E-state index in [1.54, 1.807) is 13.2 Å². The number of fused-ring (bicyclic) bond motifs is 1. The number of benzene rings is 1. The number of likely N-dealkylation sites (tertiary alicyclic amines) is 1.